The monoisotopic (exact) mass is 495 g/mol. The van der Waals surface area contributed by atoms with Crippen LogP contribution in [0, 0.1) is 0 Å². The van der Waals surface area contributed by atoms with Gasteiger partial charge in [-0.2, -0.15) is 65.9 Å². The molecule has 0 unspecified atom stereocenters. The summed E-state index contributed by atoms with van der Waals surface area (Å²) in [5.41, 5.74) is 2.80. The molecule has 0 saturated heterocycles. The number of hydrogen-bond donors (Lipinski definition) is 1. The van der Waals surface area contributed by atoms with Crippen LogP contribution in [0.5, 0.6) is 17.2 Å². The number of benzene rings is 1. The molecule has 0 heterocycles. The number of nitrogen functional groups attached to an aromatic ring is 1. The summed E-state index contributed by atoms with van der Waals surface area (Å²) in [6.07, 6.45) is -38.5. The molecule has 0 bridgehead atoms. The van der Waals surface area contributed by atoms with Crippen molar-refractivity contribution in [2.45, 2.75) is 36.9 Å². The van der Waals surface area contributed by atoms with Gasteiger partial charge in [0.2, 0.25) is 0 Å². The van der Waals surface area contributed by atoms with Crippen LogP contribution in [0.3, 0.4) is 0 Å². The molecule has 1 rings (SSSR count). The zero-order valence-electron chi connectivity index (χ0n) is 13.6. The highest BCUT2D eigenvalue weighted by molar-refractivity contribution is 5.66. The van der Waals surface area contributed by atoms with Crippen LogP contribution in [0.4, 0.5) is 71.5 Å². The van der Waals surface area contributed by atoms with E-state index in [1.807, 2.05) is 0 Å². The minimum absolute atomic E-state index is 0.590. The molecule has 2 N–H and O–H groups in total. The van der Waals surface area contributed by atoms with Crippen LogP contribution in [0.25, 0.3) is 0 Å². The van der Waals surface area contributed by atoms with Gasteiger partial charge in [0.1, 0.15) is 11.4 Å². The number of alkyl halides is 15. The molecule has 0 saturated carbocycles. The number of ether oxygens (including phenoxy) is 3. The molecule has 0 aliphatic heterocycles. The Kier molecular flexibility index (Phi) is 6.39. The Balaban J connectivity index is 3.60. The first-order valence-corrected chi connectivity index (χ1v) is 6.75. The first kappa shape index (κ1) is 26.4. The van der Waals surface area contributed by atoms with Crippen LogP contribution in [-0.4, -0.2) is 36.9 Å². The Labute approximate surface area is 159 Å². The first-order valence-electron chi connectivity index (χ1n) is 6.75. The van der Waals surface area contributed by atoms with Crippen molar-refractivity contribution >= 4 is 5.69 Å². The largest absolute Gasteiger partial charge is 0.499 e. The minimum Gasteiger partial charge on any atom is -0.425 e. The lowest BCUT2D eigenvalue weighted by Gasteiger charge is -2.26. The maximum atomic E-state index is 13.0. The second kappa shape index (κ2) is 7.50. The number of hydrogen-bond acceptors (Lipinski definition) is 4. The van der Waals surface area contributed by atoms with Gasteiger partial charge in [-0.3, -0.25) is 0 Å². The smallest absolute Gasteiger partial charge is 0.425 e. The highest BCUT2D eigenvalue weighted by Gasteiger charge is 2.64. The van der Waals surface area contributed by atoms with Gasteiger partial charge < -0.3 is 19.9 Å². The van der Waals surface area contributed by atoms with E-state index in [2.05, 4.69) is 14.2 Å². The van der Waals surface area contributed by atoms with Gasteiger partial charge in [0.15, 0.2) is 11.5 Å². The quantitative estimate of drug-likeness (QED) is 0.397. The molecule has 0 amide bonds. The van der Waals surface area contributed by atoms with Crippen LogP contribution in [0.2, 0.25) is 0 Å². The number of rotatable bonds is 6. The molecular formula is C12H4F15NO3. The van der Waals surface area contributed by atoms with Gasteiger partial charge in [-0.05, 0) is 0 Å². The maximum absolute atomic E-state index is 13.0. The Morgan fingerprint density at radius 3 is 1.00 bits per heavy atom. The van der Waals surface area contributed by atoms with E-state index in [1.165, 1.54) is 0 Å². The van der Waals surface area contributed by atoms with Gasteiger partial charge in [-0.25, -0.2) is 0 Å². The van der Waals surface area contributed by atoms with Crippen LogP contribution in [0.15, 0.2) is 12.1 Å². The predicted molar refractivity (Wildman–Crippen MR) is 65.7 cm³/mol. The number of halogens is 15. The fourth-order valence-electron chi connectivity index (χ4n) is 1.40. The van der Waals surface area contributed by atoms with E-state index in [9.17, 15) is 65.9 Å². The zero-order valence-corrected chi connectivity index (χ0v) is 13.6. The Morgan fingerprint density at radius 1 is 0.484 bits per heavy atom. The highest BCUT2D eigenvalue weighted by Crippen LogP contribution is 2.47. The third-order valence-corrected chi connectivity index (χ3v) is 2.79. The minimum atomic E-state index is -6.58. The second-order valence-corrected chi connectivity index (χ2v) is 5.18. The lowest BCUT2D eigenvalue weighted by Crippen LogP contribution is -2.43. The molecule has 0 fully saturated rings. The van der Waals surface area contributed by atoms with Crippen molar-refractivity contribution in [2.24, 2.45) is 0 Å². The summed E-state index contributed by atoms with van der Waals surface area (Å²) >= 11 is 0. The first-order chi connectivity index (χ1) is 13.4. The summed E-state index contributed by atoms with van der Waals surface area (Å²) in [5, 5.41) is 0. The fourth-order valence-corrected chi connectivity index (χ4v) is 1.40. The van der Waals surface area contributed by atoms with Crippen molar-refractivity contribution in [3.05, 3.63) is 12.1 Å². The highest BCUT2D eigenvalue weighted by atomic mass is 19.4. The summed E-state index contributed by atoms with van der Waals surface area (Å²) in [6, 6.07) is -1.18. The fraction of sp³-hybridized carbons (Fsp3) is 0.500. The van der Waals surface area contributed by atoms with Gasteiger partial charge in [-0.1, -0.05) is 0 Å². The molecule has 0 radical (unpaired) electrons. The topological polar surface area (TPSA) is 53.7 Å². The summed E-state index contributed by atoms with van der Waals surface area (Å²) in [7, 11) is 0. The van der Waals surface area contributed by atoms with E-state index >= 15 is 0 Å². The van der Waals surface area contributed by atoms with Gasteiger partial charge >= 0.3 is 36.9 Å². The molecule has 180 valence electrons. The molecule has 0 aliphatic rings. The molecule has 0 aliphatic carbocycles. The third kappa shape index (κ3) is 5.75. The van der Waals surface area contributed by atoms with Crippen molar-refractivity contribution in [3.8, 4) is 17.2 Å². The average molecular weight is 495 g/mol. The molecule has 4 nitrogen and oxygen atoms in total. The van der Waals surface area contributed by atoms with Crippen molar-refractivity contribution in [1.82, 2.24) is 0 Å². The van der Waals surface area contributed by atoms with E-state index in [1.54, 1.807) is 0 Å². The number of nitrogens with two attached hydrogens (primary N) is 1. The van der Waals surface area contributed by atoms with E-state index in [0.29, 0.717) is 0 Å². The summed E-state index contributed by atoms with van der Waals surface area (Å²) in [5.74, 6) is -6.76. The second-order valence-electron chi connectivity index (χ2n) is 5.18. The summed E-state index contributed by atoms with van der Waals surface area (Å²) < 4.78 is 196. The van der Waals surface area contributed by atoms with Gasteiger partial charge in [0, 0.05) is 12.1 Å². The lowest BCUT2D eigenvalue weighted by atomic mass is 10.2. The van der Waals surface area contributed by atoms with Crippen LogP contribution >= 0.6 is 0 Å². The Bertz CT molecular complexity index is 747. The van der Waals surface area contributed by atoms with Crippen molar-refractivity contribution in [1.29, 1.82) is 0 Å². The van der Waals surface area contributed by atoms with E-state index in [4.69, 9.17) is 5.73 Å². The third-order valence-electron chi connectivity index (χ3n) is 2.79. The molecule has 0 aromatic heterocycles. The molecule has 19 heteroatoms. The summed E-state index contributed by atoms with van der Waals surface area (Å²) in [6.45, 7) is 0. The molecule has 1 aromatic carbocycles. The molecule has 1 aromatic rings. The Hall–Kier alpha value is -2.63. The van der Waals surface area contributed by atoms with Gasteiger partial charge in [0.25, 0.3) is 0 Å². The Morgan fingerprint density at radius 2 is 0.742 bits per heavy atom. The molecule has 0 atom stereocenters. The molecule has 31 heavy (non-hydrogen) atoms. The lowest BCUT2D eigenvalue weighted by molar-refractivity contribution is -0.363. The number of anilines is 1. The van der Waals surface area contributed by atoms with Gasteiger partial charge in [-0.15, -0.1) is 0 Å². The maximum Gasteiger partial charge on any atom is 0.499 e. The van der Waals surface area contributed by atoms with Crippen LogP contribution < -0.4 is 19.9 Å². The molecule has 0 spiro atoms. The van der Waals surface area contributed by atoms with Gasteiger partial charge in [0.05, 0.1) is 0 Å². The standard InChI is InChI=1S/C12H4F15NO3/c13-7(14,15)10(22,23)29-3-1-4(30-11(24,25)8(16,17)18)6(28)5(2-3)31-12(26,27)9(19,20)21/h1-2H,28H2. The van der Waals surface area contributed by atoms with Crippen LogP contribution in [-0.2, 0) is 0 Å². The van der Waals surface area contributed by atoms with E-state index in [0.717, 1.165) is 0 Å². The predicted octanol–water partition coefficient (Wildman–Crippen LogP) is 5.87. The van der Waals surface area contributed by atoms with Crippen LogP contribution in [0.1, 0.15) is 0 Å². The van der Waals surface area contributed by atoms with E-state index in [-0.39, 0.29) is 0 Å². The summed E-state index contributed by atoms with van der Waals surface area (Å²) in [4.78, 5) is 0. The SMILES string of the molecule is Nc1c(OC(F)(F)C(F)(F)F)cc(OC(F)(F)C(F)(F)F)cc1OC(F)(F)C(F)(F)F. The average Bonchev–Trinajstić information content (AvgIpc) is 2.47. The van der Waals surface area contributed by atoms with E-state index < -0.39 is 71.9 Å². The van der Waals surface area contributed by atoms with Crippen molar-refractivity contribution < 1.29 is 80.1 Å². The van der Waals surface area contributed by atoms with Crippen molar-refractivity contribution in [3.63, 3.8) is 0 Å². The van der Waals surface area contributed by atoms with Crippen molar-refractivity contribution in [2.75, 3.05) is 5.73 Å². The zero-order chi connectivity index (χ0) is 24.8. The normalized spacial score (nSPS) is 14.4. The molecular weight excluding hydrogens is 491 g/mol.